The molecule has 0 bridgehead atoms. The lowest BCUT2D eigenvalue weighted by Crippen LogP contribution is -2.32. The molecule has 0 atom stereocenters. The van der Waals surface area contributed by atoms with Crippen molar-refractivity contribution in [2.45, 2.75) is 4.90 Å². The van der Waals surface area contributed by atoms with Crippen LogP contribution in [0.3, 0.4) is 0 Å². The van der Waals surface area contributed by atoms with Gasteiger partial charge in [0, 0.05) is 4.88 Å². The van der Waals surface area contributed by atoms with Gasteiger partial charge in [-0.25, -0.2) is 13.2 Å². The zero-order valence-corrected chi connectivity index (χ0v) is 13.0. The first-order chi connectivity index (χ1) is 10.4. The summed E-state index contributed by atoms with van der Waals surface area (Å²) in [6.07, 6.45) is 0. The summed E-state index contributed by atoms with van der Waals surface area (Å²) in [6.45, 7) is 0. The van der Waals surface area contributed by atoms with Crippen molar-refractivity contribution in [3.05, 3.63) is 47.0 Å². The second-order valence-electron chi connectivity index (χ2n) is 4.49. The van der Waals surface area contributed by atoms with Crippen LogP contribution in [0.4, 0.5) is 0 Å². The Morgan fingerprint density at radius 2 is 1.95 bits per heavy atom. The Kier molecular flexibility index (Phi) is 3.42. The van der Waals surface area contributed by atoms with Crippen LogP contribution < -0.4 is 4.72 Å². The lowest BCUT2D eigenvalue weighted by molar-refractivity contribution is -0.136. The summed E-state index contributed by atoms with van der Waals surface area (Å²) in [7, 11) is -2.82. The number of carbonyl (C=O) groups excluding carboxylic acids is 1. The molecule has 0 unspecified atom stereocenters. The monoisotopic (exact) mass is 337 g/mol. The zero-order valence-electron chi connectivity index (χ0n) is 11.4. The number of thiophene rings is 1. The molecule has 0 fully saturated rings. The first kappa shape index (κ1) is 14.6. The standard InChI is InChI=1S/C14H11NO5S2/c1-20-14(17)11-12(16)13-10(22(18,19)15-11)7-9(21-13)8-5-3-2-4-6-8/h2-7,15-16H,1H3. The van der Waals surface area contributed by atoms with E-state index in [0.29, 0.717) is 4.88 Å². The molecule has 6 nitrogen and oxygen atoms in total. The highest BCUT2D eigenvalue weighted by Crippen LogP contribution is 2.40. The molecule has 114 valence electrons. The van der Waals surface area contributed by atoms with Crippen LogP contribution in [0.15, 0.2) is 47.0 Å². The quantitative estimate of drug-likeness (QED) is 0.819. The van der Waals surface area contributed by atoms with Gasteiger partial charge in [0.25, 0.3) is 10.0 Å². The maximum atomic E-state index is 12.2. The van der Waals surface area contributed by atoms with Crippen molar-refractivity contribution in [3.63, 3.8) is 0 Å². The highest BCUT2D eigenvalue weighted by Gasteiger charge is 2.35. The van der Waals surface area contributed by atoms with Gasteiger partial charge in [0.1, 0.15) is 4.90 Å². The maximum absolute atomic E-state index is 12.2. The van der Waals surface area contributed by atoms with Crippen LogP contribution in [0.5, 0.6) is 0 Å². The van der Waals surface area contributed by atoms with E-state index in [1.165, 1.54) is 6.07 Å². The Morgan fingerprint density at radius 3 is 2.59 bits per heavy atom. The fourth-order valence-electron chi connectivity index (χ4n) is 2.08. The third kappa shape index (κ3) is 2.26. The van der Waals surface area contributed by atoms with Gasteiger partial charge in [-0.1, -0.05) is 30.3 Å². The van der Waals surface area contributed by atoms with E-state index in [2.05, 4.69) is 4.74 Å². The Bertz CT molecular complexity index is 881. The van der Waals surface area contributed by atoms with E-state index >= 15 is 0 Å². The van der Waals surface area contributed by atoms with Crippen LogP contribution in [-0.4, -0.2) is 26.6 Å². The summed E-state index contributed by atoms with van der Waals surface area (Å²) >= 11 is 1.10. The van der Waals surface area contributed by atoms with Crippen LogP contribution in [0, 0.1) is 0 Å². The minimum absolute atomic E-state index is 0.0542. The smallest absolute Gasteiger partial charge is 0.359 e. The van der Waals surface area contributed by atoms with Gasteiger partial charge in [-0.2, -0.15) is 0 Å². The Labute approximate surface area is 130 Å². The molecule has 2 aromatic rings. The van der Waals surface area contributed by atoms with E-state index in [0.717, 1.165) is 24.0 Å². The van der Waals surface area contributed by atoms with Gasteiger partial charge in [0.2, 0.25) is 0 Å². The van der Waals surface area contributed by atoms with Crippen molar-refractivity contribution in [2.75, 3.05) is 7.11 Å². The average Bonchev–Trinajstić information content (AvgIpc) is 2.98. The van der Waals surface area contributed by atoms with Gasteiger partial charge in [0.05, 0.1) is 12.0 Å². The van der Waals surface area contributed by atoms with E-state index in [1.54, 1.807) is 0 Å². The average molecular weight is 337 g/mol. The third-order valence-electron chi connectivity index (χ3n) is 3.12. The molecule has 22 heavy (non-hydrogen) atoms. The number of aliphatic hydroxyl groups excluding tert-OH is 1. The minimum Gasteiger partial charge on any atom is -0.504 e. The molecular formula is C14H11NO5S2. The van der Waals surface area contributed by atoms with Crippen molar-refractivity contribution in [1.29, 1.82) is 0 Å². The van der Waals surface area contributed by atoms with Crippen LogP contribution in [-0.2, 0) is 19.6 Å². The molecule has 3 rings (SSSR count). The molecule has 1 aromatic heterocycles. The first-order valence-electron chi connectivity index (χ1n) is 6.18. The number of methoxy groups -OCH3 is 1. The zero-order chi connectivity index (χ0) is 15.9. The van der Waals surface area contributed by atoms with Crippen LogP contribution in [0.1, 0.15) is 4.88 Å². The number of rotatable bonds is 2. The van der Waals surface area contributed by atoms with Crippen LogP contribution in [0.25, 0.3) is 16.2 Å². The molecule has 8 heteroatoms. The predicted octanol–water partition coefficient (Wildman–Crippen LogP) is 2.11. The van der Waals surface area contributed by atoms with Gasteiger partial charge in [-0.05, 0) is 11.6 Å². The number of sulfonamides is 1. The molecule has 1 aliphatic heterocycles. The summed E-state index contributed by atoms with van der Waals surface area (Å²) in [5.74, 6) is -1.37. The molecule has 2 heterocycles. The molecule has 0 aliphatic carbocycles. The molecule has 0 spiro atoms. The molecule has 1 aromatic carbocycles. The van der Waals surface area contributed by atoms with Crippen molar-refractivity contribution in [3.8, 4) is 10.4 Å². The molecule has 0 saturated heterocycles. The molecular weight excluding hydrogens is 326 g/mol. The lowest BCUT2D eigenvalue weighted by Gasteiger charge is -2.16. The Balaban J connectivity index is 2.21. The number of carbonyl (C=O) groups is 1. The number of aliphatic hydroxyl groups is 1. The van der Waals surface area contributed by atoms with Gasteiger partial charge in [-0.3, -0.25) is 4.72 Å². The number of hydrogen-bond donors (Lipinski definition) is 2. The van der Waals surface area contributed by atoms with E-state index in [9.17, 15) is 18.3 Å². The van der Waals surface area contributed by atoms with Gasteiger partial charge >= 0.3 is 5.97 Å². The van der Waals surface area contributed by atoms with E-state index in [4.69, 9.17) is 0 Å². The highest BCUT2D eigenvalue weighted by molar-refractivity contribution is 7.90. The molecule has 0 amide bonds. The first-order valence-corrected chi connectivity index (χ1v) is 8.48. The van der Waals surface area contributed by atoms with Crippen LogP contribution >= 0.6 is 11.3 Å². The predicted molar refractivity (Wildman–Crippen MR) is 81.6 cm³/mol. The second kappa shape index (κ2) is 5.15. The molecule has 1 aliphatic rings. The van der Waals surface area contributed by atoms with E-state index in [-0.39, 0.29) is 9.77 Å². The summed E-state index contributed by atoms with van der Waals surface area (Å²) in [4.78, 5) is 12.3. The summed E-state index contributed by atoms with van der Waals surface area (Å²) in [6, 6.07) is 10.6. The number of nitrogens with one attached hydrogen (secondary N) is 1. The number of fused-ring (bicyclic) bond motifs is 1. The summed E-state index contributed by atoms with van der Waals surface area (Å²) < 4.78 is 31.0. The van der Waals surface area contributed by atoms with Crippen LogP contribution in [0.2, 0.25) is 0 Å². The van der Waals surface area contributed by atoms with Crippen molar-refractivity contribution in [1.82, 2.24) is 4.72 Å². The topological polar surface area (TPSA) is 92.7 Å². The SMILES string of the molecule is COC(=O)C1=C(O)c2sc(-c3ccccc3)cc2S(=O)(=O)N1. The van der Waals surface area contributed by atoms with Gasteiger partial charge in [0.15, 0.2) is 11.5 Å². The number of esters is 1. The number of ether oxygens (including phenoxy) is 1. The van der Waals surface area contributed by atoms with Gasteiger partial charge < -0.3 is 9.84 Å². The van der Waals surface area contributed by atoms with Gasteiger partial charge in [-0.15, -0.1) is 11.3 Å². The maximum Gasteiger partial charge on any atom is 0.359 e. The Hall–Kier alpha value is -2.32. The number of benzene rings is 1. The largest absolute Gasteiger partial charge is 0.504 e. The third-order valence-corrected chi connectivity index (χ3v) is 5.82. The van der Waals surface area contributed by atoms with E-state index in [1.807, 2.05) is 35.1 Å². The minimum atomic E-state index is -3.92. The van der Waals surface area contributed by atoms with Crippen molar-refractivity contribution >= 4 is 33.1 Å². The highest BCUT2D eigenvalue weighted by atomic mass is 32.2. The second-order valence-corrected chi connectivity index (χ2v) is 7.19. The Morgan fingerprint density at radius 1 is 1.27 bits per heavy atom. The molecule has 0 radical (unpaired) electrons. The normalized spacial score (nSPS) is 15.9. The summed E-state index contributed by atoms with van der Waals surface area (Å²) in [5.41, 5.74) is 0.348. The van der Waals surface area contributed by atoms with E-state index < -0.39 is 27.4 Å². The van der Waals surface area contributed by atoms with Crippen molar-refractivity contribution < 1.29 is 23.1 Å². The lowest BCUT2D eigenvalue weighted by atomic mass is 10.2. The fourth-order valence-corrected chi connectivity index (χ4v) is 4.79. The molecule has 0 saturated carbocycles. The summed E-state index contributed by atoms with van der Waals surface area (Å²) in [5, 5.41) is 10.2. The number of hydrogen-bond acceptors (Lipinski definition) is 6. The molecule has 2 N–H and O–H groups in total. The van der Waals surface area contributed by atoms with Crippen molar-refractivity contribution in [2.24, 2.45) is 0 Å². The fraction of sp³-hybridized carbons (Fsp3) is 0.0714.